The van der Waals surface area contributed by atoms with Gasteiger partial charge in [-0.25, -0.2) is 0 Å². The molecule has 0 bridgehead atoms. The zero-order chi connectivity index (χ0) is 12.2. The summed E-state index contributed by atoms with van der Waals surface area (Å²) in [7, 11) is 0. The quantitative estimate of drug-likeness (QED) is 0.802. The van der Waals surface area contributed by atoms with Gasteiger partial charge in [0, 0.05) is 17.8 Å². The lowest BCUT2D eigenvalue weighted by molar-refractivity contribution is 0.457. The zero-order valence-electron chi connectivity index (χ0n) is 11.3. The average Bonchev–Trinajstić information content (AvgIpc) is 2.43. The first kappa shape index (κ1) is 12.3. The maximum absolute atomic E-state index is 4.74. The van der Waals surface area contributed by atoms with Gasteiger partial charge in [0.05, 0.1) is 0 Å². The first-order chi connectivity index (χ1) is 7.17. The fourth-order valence-electron chi connectivity index (χ4n) is 2.66. The Morgan fingerprint density at radius 3 is 2.12 bits per heavy atom. The number of amidine groups is 1. The maximum atomic E-state index is 4.74. The molecule has 2 nitrogen and oxygen atoms in total. The largest absolute Gasteiger partial charge is 0.359 e. The molecule has 1 aliphatic heterocycles. The van der Waals surface area contributed by atoms with Crippen LogP contribution in [0.2, 0.25) is 0 Å². The van der Waals surface area contributed by atoms with Crippen molar-refractivity contribution in [1.82, 2.24) is 5.32 Å². The molecule has 1 saturated carbocycles. The first-order valence-corrected chi connectivity index (χ1v) is 7.11. The predicted octanol–water partition coefficient (Wildman–Crippen LogP) is 3.14. The molecular weight excluding hydrogens is 216 g/mol. The molecule has 0 amide bonds. The van der Waals surface area contributed by atoms with Crippen LogP contribution in [-0.2, 0) is 0 Å². The van der Waals surface area contributed by atoms with Crippen LogP contribution in [0.3, 0.4) is 0 Å². The Kier molecular flexibility index (Phi) is 2.62. The number of thioether (sulfide) groups is 1. The summed E-state index contributed by atoms with van der Waals surface area (Å²) >= 11 is 1.86. The highest BCUT2D eigenvalue weighted by Gasteiger charge is 2.64. The summed E-state index contributed by atoms with van der Waals surface area (Å²) in [6, 6.07) is 0. The van der Waals surface area contributed by atoms with E-state index >= 15 is 0 Å². The van der Waals surface area contributed by atoms with E-state index in [2.05, 4.69) is 46.9 Å². The second-order valence-corrected chi connectivity index (χ2v) is 7.90. The van der Waals surface area contributed by atoms with Crippen molar-refractivity contribution in [2.24, 2.45) is 21.7 Å². The van der Waals surface area contributed by atoms with Gasteiger partial charge in [0.2, 0.25) is 0 Å². The Labute approximate surface area is 104 Å². The summed E-state index contributed by atoms with van der Waals surface area (Å²) in [6.45, 7) is 14.9. The maximum Gasteiger partial charge on any atom is 0.157 e. The zero-order valence-corrected chi connectivity index (χ0v) is 12.2. The number of aliphatic imine (C=N–C) groups is 1. The van der Waals surface area contributed by atoms with Gasteiger partial charge in [-0.3, -0.25) is 4.99 Å². The molecule has 0 aromatic heterocycles. The number of rotatable bonds is 2. The number of hydrogen-bond acceptors (Lipinski definition) is 2. The van der Waals surface area contributed by atoms with Crippen LogP contribution in [0.5, 0.6) is 0 Å². The third-order valence-electron chi connectivity index (χ3n) is 4.75. The summed E-state index contributed by atoms with van der Waals surface area (Å²) < 4.78 is 0. The van der Waals surface area contributed by atoms with Gasteiger partial charge >= 0.3 is 0 Å². The summed E-state index contributed by atoms with van der Waals surface area (Å²) in [5, 5.41) is 4.62. The summed E-state index contributed by atoms with van der Waals surface area (Å²) in [4.78, 5) is 4.74. The van der Waals surface area contributed by atoms with Crippen molar-refractivity contribution >= 4 is 16.9 Å². The Morgan fingerprint density at radius 1 is 1.19 bits per heavy atom. The lowest BCUT2D eigenvalue weighted by Crippen LogP contribution is -2.37. The van der Waals surface area contributed by atoms with E-state index in [0.29, 0.717) is 10.8 Å². The van der Waals surface area contributed by atoms with Gasteiger partial charge in [-0.15, -0.1) is 0 Å². The van der Waals surface area contributed by atoms with Crippen molar-refractivity contribution < 1.29 is 0 Å². The number of nitrogens with one attached hydrogen (secondary N) is 1. The summed E-state index contributed by atoms with van der Waals surface area (Å²) in [5.41, 5.74) is 1.13. The van der Waals surface area contributed by atoms with Crippen LogP contribution in [0.1, 0.15) is 41.5 Å². The Hall–Kier alpha value is -0.180. The standard InChI is InChI=1S/C13H24N2S/c1-11(2)8-16-10(15-11)14-7-9-12(3,4)13(9,5)6/h9H,7-8H2,1-6H3,(H,14,15). The topological polar surface area (TPSA) is 24.4 Å². The van der Waals surface area contributed by atoms with Crippen molar-refractivity contribution in [3.05, 3.63) is 0 Å². The van der Waals surface area contributed by atoms with Crippen LogP contribution < -0.4 is 5.32 Å². The molecule has 16 heavy (non-hydrogen) atoms. The smallest absolute Gasteiger partial charge is 0.157 e. The van der Waals surface area contributed by atoms with Gasteiger partial charge in [-0.1, -0.05) is 39.5 Å². The average molecular weight is 240 g/mol. The lowest BCUT2D eigenvalue weighted by atomic mass is 10.0. The fraction of sp³-hybridized carbons (Fsp3) is 0.923. The Balaban J connectivity index is 1.93. The van der Waals surface area contributed by atoms with Crippen LogP contribution in [0.25, 0.3) is 0 Å². The van der Waals surface area contributed by atoms with E-state index in [-0.39, 0.29) is 5.54 Å². The third-order valence-corrected chi connectivity index (χ3v) is 6.12. The van der Waals surface area contributed by atoms with Gasteiger partial charge in [0.1, 0.15) is 0 Å². The molecule has 3 heteroatoms. The highest BCUT2D eigenvalue weighted by atomic mass is 32.2. The highest BCUT2D eigenvalue weighted by molar-refractivity contribution is 8.14. The van der Waals surface area contributed by atoms with Gasteiger partial charge in [-0.2, -0.15) is 0 Å². The van der Waals surface area contributed by atoms with Crippen LogP contribution in [0, 0.1) is 16.7 Å². The van der Waals surface area contributed by atoms with Crippen LogP contribution >= 0.6 is 11.8 Å². The molecule has 0 unspecified atom stereocenters. The number of hydrogen-bond donors (Lipinski definition) is 1. The van der Waals surface area contributed by atoms with E-state index in [1.807, 2.05) is 11.8 Å². The van der Waals surface area contributed by atoms with Gasteiger partial charge in [-0.05, 0) is 30.6 Å². The minimum absolute atomic E-state index is 0.220. The predicted molar refractivity (Wildman–Crippen MR) is 73.0 cm³/mol. The van der Waals surface area contributed by atoms with E-state index in [1.54, 1.807) is 0 Å². The molecule has 0 radical (unpaired) electrons. The first-order valence-electron chi connectivity index (χ1n) is 6.12. The Bertz CT molecular complexity index is 315. The fourth-order valence-corrected chi connectivity index (χ4v) is 3.74. The third kappa shape index (κ3) is 1.87. The number of nitrogens with zero attached hydrogens (tertiary/aromatic N) is 1. The molecule has 1 aliphatic carbocycles. The molecule has 0 aromatic carbocycles. The van der Waals surface area contributed by atoms with Gasteiger partial charge in [0.25, 0.3) is 0 Å². The van der Waals surface area contributed by atoms with E-state index in [0.717, 1.165) is 23.4 Å². The van der Waals surface area contributed by atoms with Crippen molar-refractivity contribution in [1.29, 1.82) is 0 Å². The van der Waals surface area contributed by atoms with E-state index in [9.17, 15) is 0 Å². The lowest BCUT2D eigenvalue weighted by Gasteiger charge is -2.15. The minimum atomic E-state index is 0.220. The molecule has 2 fully saturated rings. The summed E-state index contributed by atoms with van der Waals surface area (Å²) in [6.07, 6.45) is 0. The molecule has 1 saturated heterocycles. The Morgan fingerprint density at radius 2 is 1.75 bits per heavy atom. The van der Waals surface area contributed by atoms with E-state index in [4.69, 9.17) is 4.99 Å². The monoisotopic (exact) mass is 240 g/mol. The van der Waals surface area contributed by atoms with E-state index < -0.39 is 0 Å². The molecule has 2 rings (SSSR count). The van der Waals surface area contributed by atoms with Crippen LogP contribution in [-0.4, -0.2) is 23.0 Å². The van der Waals surface area contributed by atoms with E-state index in [1.165, 1.54) is 0 Å². The SMILES string of the molecule is CC1(C)CSC(=NCC2C(C)(C)C2(C)C)N1. The molecule has 1 N–H and O–H groups in total. The molecule has 0 aromatic rings. The van der Waals surface area contributed by atoms with Crippen molar-refractivity contribution in [3.8, 4) is 0 Å². The summed E-state index contributed by atoms with van der Waals surface area (Å²) in [5.74, 6) is 1.86. The second-order valence-electron chi connectivity index (χ2n) is 6.94. The normalized spacial score (nSPS) is 32.8. The molecule has 0 atom stereocenters. The van der Waals surface area contributed by atoms with Crippen LogP contribution in [0.15, 0.2) is 4.99 Å². The van der Waals surface area contributed by atoms with Crippen molar-refractivity contribution in [2.75, 3.05) is 12.3 Å². The van der Waals surface area contributed by atoms with Crippen molar-refractivity contribution in [3.63, 3.8) is 0 Å². The second kappa shape index (κ2) is 3.41. The molecule has 0 spiro atoms. The molecular formula is C13H24N2S. The van der Waals surface area contributed by atoms with Crippen molar-refractivity contribution in [2.45, 2.75) is 47.1 Å². The van der Waals surface area contributed by atoms with Crippen LogP contribution in [0.4, 0.5) is 0 Å². The molecule has 1 heterocycles. The molecule has 2 aliphatic rings. The minimum Gasteiger partial charge on any atom is -0.359 e. The highest BCUT2D eigenvalue weighted by Crippen LogP contribution is 2.68. The van der Waals surface area contributed by atoms with Gasteiger partial charge in [0.15, 0.2) is 5.17 Å². The molecule has 92 valence electrons. The van der Waals surface area contributed by atoms with Gasteiger partial charge < -0.3 is 5.32 Å².